The van der Waals surface area contributed by atoms with Gasteiger partial charge in [0.1, 0.15) is 10.2 Å². The van der Waals surface area contributed by atoms with Crippen molar-refractivity contribution in [3.8, 4) is 5.75 Å². The van der Waals surface area contributed by atoms with E-state index >= 15 is 0 Å². The number of nitro benzene ring substituents is 1. The molecule has 2 aromatic carbocycles. The van der Waals surface area contributed by atoms with Crippen LogP contribution in [0.2, 0.25) is 0 Å². The monoisotopic (exact) mass is 461 g/mol. The number of ketones is 1. The van der Waals surface area contributed by atoms with Gasteiger partial charge in [-0.25, -0.2) is 0 Å². The van der Waals surface area contributed by atoms with Gasteiger partial charge in [0.2, 0.25) is 0 Å². The third-order valence-corrected chi connectivity index (χ3v) is 4.18. The van der Waals surface area contributed by atoms with Crippen molar-refractivity contribution in [2.24, 2.45) is 0 Å². The number of nitrogens with zero attached hydrogens (tertiary/aromatic N) is 1. The molecule has 0 bridgehead atoms. The van der Waals surface area contributed by atoms with Crippen LogP contribution in [0.3, 0.4) is 0 Å². The van der Waals surface area contributed by atoms with Crippen molar-refractivity contribution < 1.29 is 14.5 Å². The van der Waals surface area contributed by atoms with E-state index in [0.717, 1.165) is 3.57 Å². The van der Waals surface area contributed by atoms with Gasteiger partial charge in [0.25, 0.3) is 5.69 Å². The van der Waals surface area contributed by atoms with Gasteiger partial charge in [0, 0.05) is 15.2 Å². The molecule has 5 nitrogen and oxygen atoms in total. The Hall–Kier alpha value is -1.48. The maximum atomic E-state index is 12.0. The number of benzene rings is 2. The van der Waals surface area contributed by atoms with Crippen molar-refractivity contribution in [1.29, 1.82) is 0 Å². The Labute approximate surface area is 142 Å². The van der Waals surface area contributed by atoms with Crippen LogP contribution in [0.25, 0.3) is 0 Å². The molecule has 0 saturated heterocycles. The van der Waals surface area contributed by atoms with Crippen molar-refractivity contribution in [3.63, 3.8) is 0 Å². The second-order valence-corrected chi connectivity index (χ2v) is 6.10. The van der Waals surface area contributed by atoms with Crippen LogP contribution in [0.4, 0.5) is 5.69 Å². The van der Waals surface area contributed by atoms with Crippen molar-refractivity contribution in [2.45, 2.75) is 0 Å². The number of Topliss-reactive ketones (excluding diaryl/α,β-unsaturated/α-hetero) is 1. The highest BCUT2D eigenvalue weighted by molar-refractivity contribution is 14.1. The van der Waals surface area contributed by atoms with Gasteiger partial charge in [-0.1, -0.05) is 18.2 Å². The van der Waals surface area contributed by atoms with Gasteiger partial charge >= 0.3 is 0 Å². The normalized spacial score (nSPS) is 10.2. The maximum absolute atomic E-state index is 12.0. The van der Waals surface area contributed by atoms with Gasteiger partial charge in [-0.05, 0) is 56.7 Å². The molecule has 7 heteroatoms. The lowest BCUT2D eigenvalue weighted by Crippen LogP contribution is -2.12. The minimum atomic E-state index is -0.516. The smallest absolute Gasteiger partial charge is 0.287 e. The number of halogens is 2. The van der Waals surface area contributed by atoms with E-state index in [1.807, 2.05) is 12.1 Å². The molecule has 21 heavy (non-hydrogen) atoms. The van der Waals surface area contributed by atoms with Crippen LogP contribution in [0.1, 0.15) is 10.4 Å². The summed E-state index contributed by atoms with van der Waals surface area (Å²) in [7, 11) is 0. The summed E-state index contributed by atoms with van der Waals surface area (Å²) in [5, 5.41) is 10.8. The molecule has 108 valence electrons. The van der Waals surface area contributed by atoms with Crippen LogP contribution in [-0.2, 0) is 0 Å². The molecule has 0 radical (unpaired) electrons. The lowest BCUT2D eigenvalue weighted by molar-refractivity contribution is -0.385. The molecule has 2 rings (SSSR count). The van der Waals surface area contributed by atoms with E-state index in [2.05, 4.69) is 38.5 Å². The van der Waals surface area contributed by atoms with Crippen molar-refractivity contribution in [3.05, 3.63) is 66.2 Å². The molecule has 0 aliphatic heterocycles. The predicted molar refractivity (Wildman–Crippen MR) is 89.8 cm³/mol. The number of rotatable bonds is 5. The number of carbonyl (C=O) groups excluding carboxylic acids is 1. The zero-order valence-corrected chi connectivity index (χ0v) is 14.3. The highest BCUT2D eigenvalue weighted by Crippen LogP contribution is 2.33. The van der Waals surface area contributed by atoms with E-state index in [0.29, 0.717) is 5.56 Å². The molecule has 0 aliphatic rings. The molecule has 0 heterocycles. The Morgan fingerprint density at radius 3 is 2.52 bits per heavy atom. The van der Waals surface area contributed by atoms with Gasteiger partial charge in [-0.15, -0.1) is 0 Å². The van der Waals surface area contributed by atoms with Gasteiger partial charge < -0.3 is 4.74 Å². The van der Waals surface area contributed by atoms with E-state index in [-0.39, 0.29) is 28.3 Å². The fraction of sp³-hybridized carbons (Fsp3) is 0.0714. The zero-order chi connectivity index (χ0) is 15.4. The summed E-state index contributed by atoms with van der Waals surface area (Å²) in [6.07, 6.45) is 0. The lowest BCUT2D eigenvalue weighted by atomic mass is 10.1. The first-order chi connectivity index (χ1) is 9.99. The second-order valence-electron chi connectivity index (χ2n) is 4.07. The summed E-state index contributed by atoms with van der Waals surface area (Å²) in [4.78, 5) is 22.3. The topological polar surface area (TPSA) is 69.4 Å². The Morgan fingerprint density at radius 2 is 1.90 bits per heavy atom. The first kappa shape index (κ1) is 15.9. The van der Waals surface area contributed by atoms with Gasteiger partial charge in [0.15, 0.2) is 12.4 Å². The second kappa shape index (κ2) is 6.99. The summed E-state index contributed by atoms with van der Waals surface area (Å²) >= 11 is 5.27. The van der Waals surface area contributed by atoms with Gasteiger partial charge in [-0.3, -0.25) is 14.9 Å². The molecule has 0 atom stereocenters. The Kier molecular flexibility index (Phi) is 5.29. The summed E-state index contributed by atoms with van der Waals surface area (Å²) < 4.78 is 6.63. The number of hydrogen-bond acceptors (Lipinski definition) is 4. The van der Waals surface area contributed by atoms with E-state index in [4.69, 9.17) is 4.74 Å². The highest BCUT2D eigenvalue weighted by Gasteiger charge is 2.16. The molecule has 0 amide bonds. The molecule has 0 aromatic heterocycles. The number of hydrogen-bond donors (Lipinski definition) is 0. The molecule has 0 saturated carbocycles. The van der Waals surface area contributed by atoms with Crippen LogP contribution in [0, 0.1) is 13.7 Å². The summed E-state index contributed by atoms with van der Waals surface area (Å²) in [5.74, 6) is 0.0767. The predicted octanol–water partition coefficient (Wildman–Crippen LogP) is 4.22. The summed E-state index contributed by atoms with van der Waals surface area (Å²) in [5.41, 5.74) is 0.436. The van der Waals surface area contributed by atoms with Crippen LogP contribution in [-0.4, -0.2) is 17.3 Å². The van der Waals surface area contributed by atoms with E-state index < -0.39 is 4.92 Å². The molecular formula is C14H9BrINO4. The molecule has 2 aromatic rings. The average Bonchev–Trinajstić information content (AvgIpc) is 2.46. The minimum Gasteiger partial charge on any atom is -0.484 e. The van der Waals surface area contributed by atoms with Crippen LogP contribution < -0.4 is 4.74 Å². The third-order valence-electron chi connectivity index (χ3n) is 2.66. The average molecular weight is 462 g/mol. The van der Waals surface area contributed by atoms with Crippen molar-refractivity contribution in [1.82, 2.24) is 0 Å². The maximum Gasteiger partial charge on any atom is 0.287 e. The molecule has 0 spiro atoms. The van der Waals surface area contributed by atoms with Crippen LogP contribution in [0.5, 0.6) is 5.75 Å². The van der Waals surface area contributed by atoms with Crippen LogP contribution in [0.15, 0.2) is 46.9 Å². The standard InChI is InChI=1S/C14H9BrINO4/c15-14-11(17(19)20)2-1-3-13(14)21-8-12(18)9-4-6-10(16)7-5-9/h1-7H,8H2. The number of nitro groups is 1. The molecule has 0 N–H and O–H groups in total. The first-order valence-electron chi connectivity index (χ1n) is 5.83. The van der Waals surface area contributed by atoms with Crippen molar-refractivity contribution in [2.75, 3.05) is 6.61 Å². The number of carbonyl (C=O) groups is 1. The van der Waals surface area contributed by atoms with Gasteiger partial charge in [-0.2, -0.15) is 0 Å². The molecule has 0 aliphatic carbocycles. The summed E-state index contributed by atoms with van der Waals surface area (Å²) in [6, 6.07) is 11.5. The van der Waals surface area contributed by atoms with Crippen LogP contribution >= 0.6 is 38.5 Å². The molecule has 0 unspecified atom stereocenters. The Morgan fingerprint density at radius 1 is 1.24 bits per heavy atom. The molecular weight excluding hydrogens is 453 g/mol. The van der Waals surface area contributed by atoms with E-state index in [1.54, 1.807) is 18.2 Å². The van der Waals surface area contributed by atoms with Crippen molar-refractivity contribution >= 4 is 50.0 Å². The Bertz CT molecular complexity index is 688. The fourth-order valence-corrected chi connectivity index (χ4v) is 2.50. The first-order valence-corrected chi connectivity index (χ1v) is 7.70. The largest absolute Gasteiger partial charge is 0.484 e. The van der Waals surface area contributed by atoms with Gasteiger partial charge in [0.05, 0.1) is 4.92 Å². The highest BCUT2D eigenvalue weighted by atomic mass is 127. The SMILES string of the molecule is O=C(COc1cccc([N+](=O)[O-])c1Br)c1ccc(I)cc1. The minimum absolute atomic E-state index is 0.103. The third kappa shape index (κ3) is 4.01. The molecule has 0 fully saturated rings. The lowest BCUT2D eigenvalue weighted by Gasteiger charge is -2.07. The van der Waals surface area contributed by atoms with E-state index in [9.17, 15) is 14.9 Å². The Balaban J connectivity index is 2.10. The zero-order valence-electron chi connectivity index (χ0n) is 10.6. The van der Waals surface area contributed by atoms with E-state index in [1.165, 1.54) is 12.1 Å². The fourth-order valence-electron chi connectivity index (χ4n) is 1.61. The summed E-state index contributed by atoms with van der Waals surface area (Å²) in [6.45, 7) is -0.180. The number of ether oxygens (including phenoxy) is 1. The quantitative estimate of drug-likeness (QED) is 0.289.